The van der Waals surface area contributed by atoms with Crippen molar-refractivity contribution >= 4 is 11.9 Å². The number of carbonyl (C=O) groups excluding carboxylic acids is 2. The van der Waals surface area contributed by atoms with E-state index in [-0.39, 0.29) is 5.91 Å². The van der Waals surface area contributed by atoms with Crippen LogP contribution in [0.15, 0.2) is 54.6 Å². The van der Waals surface area contributed by atoms with Gasteiger partial charge in [-0.25, -0.2) is 4.79 Å². The maximum Gasteiger partial charge on any atom is 0.333 e. The lowest BCUT2D eigenvalue weighted by atomic mass is 10.0. The number of ether oxygens (including phenoxy) is 2. The van der Waals surface area contributed by atoms with E-state index >= 15 is 0 Å². The van der Waals surface area contributed by atoms with Gasteiger partial charge in [0.05, 0.1) is 7.11 Å². The number of benzene rings is 2. The second-order valence-corrected chi connectivity index (χ2v) is 6.13. The number of nitrogens with zero attached hydrogens (tertiary/aromatic N) is 1. The molecule has 0 saturated carbocycles. The second-order valence-electron chi connectivity index (χ2n) is 6.13. The minimum atomic E-state index is -1.04. The van der Waals surface area contributed by atoms with Crippen molar-refractivity contribution in [2.45, 2.75) is 25.6 Å². The molecule has 0 bridgehead atoms. The second kappa shape index (κ2) is 6.00. The number of esters is 1. The van der Waals surface area contributed by atoms with Gasteiger partial charge in [-0.05, 0) is 50.2 Å². The molecule has 1 heterocycles. The average molecular weight is 325 g/mol. The SMILES string of the molecule is COc1ccc(C2OC(=O)C(C)(C)N2C(=O)c2ccccc2)cc1. The Hall–Kier alpha value is -2.82. The molecule has 0 N–H and O–H groups in total. The zero-order valence-corrected chi connectivity index (χ0v) is 13.9. The number of amides is 1. The highest BCUT2D eigenvalue weighted by atomic mass is 16.6. The Labute approximate surface area is 140 Å². The number of methoxy groups -OCH3 is 1. The maximum atomic E-state index is 13.0. The van der Waals surface area contributed by atoms with Crippen LogP contribution in [0.5, 0.6) is 5.75 Å². The fourth-order valence-electron chi connectivity index (χ4n) is 2.76. The summed E-state index contributed by atoms with van der Waals surface area (Å²) in [4.78, 5) is 26.8. The van der Waals surface area contributed by atoms with Gasteiger partial charge < -0.3 is 9.47 Å². The zero-order valence-electron chi connectivity index (χ0n) is 13.9. The average Bonchev–Trinajstić information content (AvgIpc) is 2.85. The van der Waals surface area contributed by atoms with Crippen LogP contribution < -0.4 is 4.74 Å². The molecule has 1 amide bonds. The molecule has 1 aliphatic rings. The highest BCUT2D eigenvalue weighted by Crippen LogP contribution is 2.39. The molecule has 3 rings (SSSR count). The van der Waals surface area contributed by atoms with E-state index in [0.29, 0.717) is 11.3 Å². The Morgan fingerprint density at radius 3 is 2.29 bits per heavy atom. The van der Waals surface area contributed by atoms with E-state index in [4.69, 9.17) is 9.47 Å². The summed E-state index contributed by atoms with van der Waals surface area (Å²) in [5, 5.41) is 0. The van der Waals surface area contributed by atoms with Gasteiger partial charge in [-0.15, -0.1) is 0 Å². The molecule has 24 heavy (non-hydrogen) atoms. The van der Waals surface area contributed by atoms with Gasteiger partial charge in [-0.1, -0.05) is 18.2 Å². The van der Waals surface area contributed by atoms with Crippen molar-refractivity contribution in [2.75, 3.05) is 7.11 Å². The molecule has 1 saturated heterocycles. The number of hydrogen-bond donors (Lipinski definition) is 0. The first-order valence-corrected chi connectivity index (χ1v) is 7.69. The van der Waals surface area contributed by atoms with Gasteiger partial charge in [0.25, 0.3) is 5.91 Å². The quantitative estimate of drug-likeness (QED) is 0.813. The molecule has 0 aromatic heterocycles. The third kappa shape index (κ3) is 2.62. The monoisotopic (exact) mass is 325 g/mol. The summed E-state index contributed by atoms with van der Waals surface area (Å²) in [6, 6.07) is 16.0. The van der Waals surface area contributed by atoms with Gasteiger partial charge >= 0.3 is 5.97 Å². The van der Waals surface area contributed by atoms with Gasteiger partial charge in [-0.2, -0.15) is 0 Å². The third-order valence-corrected chi connectivity index (χ3v) is 4.20. The first kappa shape index (κ1) is 16.1. The minimum Gasteiger partial charge on any atom is -0.497 e. The van der Waals surface area contributed by atoms with Crippen LogP contribution in [0, 0.1) is 0 Å². The van der Waals surface area contributed by atoms with Crippen molar-refractivity contribution in [1.29, 1.82) is 0 Å². The molecule has 5 nitrogen and oxygen atoms in total. The summed E-state index contributed by atoms with van der Waals surface area (Å²) in [5.74, 6) is 0.0307. The summed E-state index contributed by atoms with van der Waals surface area (Å²) >= 11 is 0. The number of cyclic esters (lactones) is 1. The van der Waals surface area contributed by atoms with E-state index in [1.54, 1.807) is 69.5 Å². The van der Waals surface area contributed by atoms with Crippen LogP contribution in [-0.4, -0.2) is 29.4 Å². The van der Waals surface area contributed by atoms with Crippen LogP contribution >= 0.6 is 0 Å². The highest BCUT2D eigenvalue weighted by molar-refractivity contribution is 5.99. The molecule has 1 fully saturated rings. The maximum absolute atomic E-state index is 13.0. The Bertz CT molecular complexity index is 753. The number of carbonyl (C=O) groups is 2. The summed E-state index contributed by atoms with van der Waals surface area (Å²) in [6.45, 7) is 3.39. The molecule has 124 valence electrons. The fraction of sp³-hybridized carbons (Fsp3) is 0.263. The summed E-state index contributed by atoms with van der Waals surface area (Å²) < 4.78 is 10.7. The predicted molar refractivity (Wildman–Crippen MR) is 88.5 cm³/mol. The third-order valence-electron chi connectivity index (χ3n) is 4.20. The molecule has 1 aliphatic heterocycles. The van der Waals surface area contributed by atoms with Crippen LogP contribution in [0.25, 0.3) is 0 Å². The highest BCUT2D eigenvalue weighted by Gasteiger charge is 2.52. The smallest absolute Gasteiger partial charge is 0.333 e. The predicted octanol–water partition coefficient (Wildman–Crippen LogP) is 3.17. The van der Waals surface area contributed by atoms with Crippen LogP contribution in [0.3, 0.4) is 0 Å². The first-order chi connectivity index (χ1) is 11.4. The molecule has 1 unspecified atom stereocenters. The van der Waals surface area contributed by atoms with E-state index in [1.807, 2.05) is 6.07 Å². The van der Waals surface area contributed by atoms with E-state index in [0.717, 1.165) is 5.56 Å². The lowest BCUT2D eigenvalue weighted by Gasteiger charge is -2.31. The largest absolute Gasteiger partial charge is 0.497 e. The van der Waals surface area contributed by atoms with Crippen LogP contribution in [-0.2, 0) is 9.53 Å². The molecule has 0 radical (unpaired) electrons. The fourth-order valence-corrected chi connectivity index (χ4v) is 2.76. The van der Waals surface area contributed by atoms with Gasteiger partial charge in [0.15, 0.2) is 0 Å². The zero-order chi connectivity index (χ0) is 17.3. The summed E-state index contributed by atoms with van der Waals surface area (Å²) in [7, 11) is 1.58. The minimum absolute atomic E-state index is 0.243. The first-order valence-electron chi connectivity index (χ1n) is 7.69. The Balaban J connectivity index is 2.00. The van der Waals surface area contributed by atoms with Crippen LogP contribution in [0.2, 0.25) is 0 Å². The number of rotatable bonds is 3. The van der Waals surface area contributed by atoms with Crippen LogP contribution in [0.4, 0.5) is 0 Å². The van der Waals surface area contributed by atoms with Gasteiger partial charge in [0.2, 0.25) is 6.23 Å². The van der Waals surface area contributed by atoms with Gasteiger partial charge in [0, 0.05) is 11.1 Å². The Morgan fingerprint density at radius 2 is 1.71 bits per heavy atom. The van der Waals surface area contributed by atoms with Crippen molar-refractivity contribution in [3.8, 4) is 5.75 Å². The normalized spacial score (nSPS) is 19.0. The molecule has 2 aromatic carbocycles. The molecule has 1 atom stereocenters. The molecule has 0 spiro atoms. The van der Waals surface area contributed by atoms with Crippen molar-refractivity contribution in [2.24, 2.45) is 0 Å². The van der Waals surface area contributed by atoms with Crippen molar-refractivity contribution in [3.63, 3.8) is 0 Å². The molecule has 5 heteroatoms. The van der Waals surface area contributed by atoms with Crippen LogP contribution in [0.1, 0.15) is 36.0 Å². The van der Waals surface area contributed by atoms with E-state index in [9.17, 15) is 9.59 Å². The lowest BCUT2D eigenvalue weighted by molar-refractivity contribution is -0.144. The topological polar surface area (TPSA) is 55.8 Å². The number of hydrogen-bond acceptors (Lipinski definition) is 4. The summed E-state index contributed by atoms with van der Waals surface area (Å²) in [6.07, 6.45) is -0.758. The summed E-state index contributed by atoms with van der Waals surface area (Å²) in [5.41, 5.74) is 0.193. The van der Waals surface area contributed by atoms with E-state index in [2.05, 4.69) is 0 Å². The van der Waals surface area contributed by atoms with Crippen molar-refractivity contribution < 1.29 is 19.1 Å². The van der Waals surface area contributed by atoms with Crippen molar-refractivity contribution in [3.05, 3.63) is 65.7 Å². The van der Waals surface area contributed by atoms with Crippen molar-refractivity contribution in [1.82, 2.24) is 4.90 Å². The van der Waals surface area contributed by atoms with E-state index < -0.39 is 17.7 Å². The molecule has 2 aromatic rings. The molecular formula is C19H19NO4. The Morgan fingerprint density at radius 1 is 1.08 bits per heavy atom. The standard InChI is InChI=1S/C19H19NO4/c1-19(2)18(22)24-17(14-9-11-15(23-3)12-10-14)20(19)16(21)13-7-5-4-6-8-13/h4-12,17H,1-3H3. The van der Waals surface area contributed by atoms with E-state index in [1.165, 1.54) is 4.90 Å². The molecular weight excluding hydrogens is 306 g/mol. The van der Waals surface area contributed by atoms with Gasteiger partial charge in [0.1, 0.15) is 11.3 Å². The lowest BCUT2D eigenvalue weighted by Crippen LogP contribution is -2.47. The van der Waals surface area contributed by atoms with Gasteiger partial charge in [-0.3, -0.25) is 9.69 Å². The molecule has 0 aliphatic carbocycles. The Kier molecular flexibility index (Phi) is 4.01.